The number of nitrogens with one attached hydrogen (secondary N) is 2. The third-order valence-corrected chi connectivity index (χ3v) is 3.02. The lowest BCUT2D eigenvalue weighted by Gasteiger charge is -2.13. The molecule has 1 rings (SSSR count). The molecule has 1 aromatic rings. The highest BCUT2D eigenvalue weighted by molar-refractivity contribution is 5.78. The van der Waals surface area contributed by atoms with E-state index in [4.69, 9.17) is 4.74 Å². The van der Waals surface area contributed by atoms with E-state index >= 15 is 0 Å². The summed E-state index contributed by atoms with van der Waals surface area (Å²) in [6.45, 7) is 4.47. The van der Waals surface area contributed by atoms with Crippen molar-refractivity contribution in [1.82, 2.24) is 10.6 Å². The van der Waals surface area contributed by atoms with Crippen LogP contribution >= 0.6 is 0 Å². The Morgan fingerprint density at radius 2 is 2.05 bits per heavy atom. The standard InChI is InChI=1S/C15H23FN2O2/c1-12(11-13-5-3-4-6-14(13)16)15(19)18-8-7-17-9-10-20-2/h3-6,12,17H,7-11H2,1-2H3,(H,18,19). The summed E-state index contributed by atoms with van der Waals surface area (Å²) in [5, 5.41) is 5.97. The maximum absolute atomic E-state index is 13.5. The van der Waals surface area contributed by atoms with E-state index in [2.05, 4.69) is 10.6 Å². The molecule has 2 N–H and O–H groups in total. The zero-order chi connectivity index (χ0) is 14.8. The van der Waals surface area contributed by atoms with Crippen LogP contribution in [-0.4, -0.2) is 39.3 Å². The zero-order valence-corrected chi connectivity index (χ0v) is 12.1. The van der Waals surface area contributed by atoms with E-state index < -0.39 is 0 Å². The van der Waals surface area contributed by atoms with Gasteiger partial charge in [0.2, 0.25) is 5.91 Å². The SMILES string of the molecule is COCCNCCNC(=O)C(C)Cc1ccccc1F. The number of carbonyl (C=O) groups excluding carboxylic acids is 1. The van der Waals surface area contributed by atoms with Gasteiger partial charge in [0.15, 0.2) is 0 Å². The summed E-state index contributed by atoms with van der Waals surface area (Å²) in [6, 6.07) is 6.56. The number of carbonyl (C=O) groups is 1. The Morgan fingerprint density at radius 1 is 1.30 bits per heavy atom. The van der Waals surface area contributed by atoms with Crippen molar-refractivity contribution in [2.45, 2.75) is 13.3 Å². The summed E-state index contributed by atoms with van der Waals surface area (Å²) in [7, 11) is 1.65. The van der Waals surface area contributed by atoms with E-state index in [0.29, 0.717) is 31.7 Å². The molecule has 0 aliphatic heterocycles. The summed E-state index contributed by atoms with van der Waals surface area (Å²) in [5.41, 5.74) is 0.577. The highest BCUT2D eigenvalue weighted by Gasteiger charge is 2.14. The fourth-order valence-electron chi connectivity index (χ4n) is 1.83. The largest absolute Gasteiger partial charge is 0.383 e. The molecule has 0 saturated carbocycles. The summed E-state index contributed by atoms with van der Waals surface area (Å²) in [6.07, 6.45) is 0.412. The lowest BCUT2D eigenvalue weighted by Crippen LogP contribution is -2.36. The minimum atomic E-state index is -0.256. The minimum absolute atomic E-state index is 0.0539. The van der Waals surface area contributed by atoms with Gasteiger partial charge >= 0.3 is 0 Å². The van der Waals surface area contributed by atoms with Gasteiger partial charge in [-0.05, 0) is 18.1 Å². The fourth-order valence-corrected chi connectivity index (χ4v) is 1.83. The van der Waals surface area contributed by atoms with E-state index in [1.54, 1.807) is 32.2 Å². The molecule has 0 radical (unpaired) electrons. The average molecular weight is 282 g/mol. The van der Waals surface area contributed by atoms with Gasteiger partial charge in [-0.15, -0.1) is 0 Å². The number of hydrogen-bond acceptors (Lipinski definition) is 3. The van der Waals surface area contributed by atoms with E-state index in [0.717, 1.165) is 6.54 Å². The molecular formula is C15H23FN2O2. The van der Waals surface area contributed by atoms with E-state index in [1.807, 2.05) is 0 Å². The molecule has 1 aromatic carbocycles. The molecule has 4 nitrogen and oxygen atoms in total. The summed E-state index contributed by atoms with van der Waals surface area (Å²) in [4.78, 5) is 11.9. The molecule has 0 aromatic heterocycles. The van der Waals surface area contributed by atoms with Crippen molar-refractivity contribution in [3.05, 3.63) is 35.6 Å². The van der Waals surface area contributed by atoms with Crippen LogP contribution < -0.4 is 10.6 Å². The van der Waals surface area contributed by atoms with Crippen LogP contribution in [0.1, 0.15) is 12.5 Å². The zero-order valence-electron chi connectivity index (χ0n) is 12.1. The molecule has 1 amide bonds. The van der Waals surface area contributed by atoms with Gasteiger partial charge in [-0.1, -0.05) is 25.1 Å². The first-order chi connectivity index (χ1) is 9.65. The van der Waals surface area contributed by atoms with E-state index in [9.17, 15) is 9.18 Å². The molecule has 112 valence electrons. The van der Waals surface area contributed by atoms with Gasteiger partial charge in [0.1, 0.15) is 5.82 Å². The first-order valence-corrected chi connectivity index (χ1v) is 6.86. The van der Waals surface area contributed by atoms with Gasteiger partial charge in [0.25, 0.3) is 0 Å². The number of amides is 1. The van der Waals surface area contributed by atoms with Crippen LogP contribution in [0, 0.1) is 11.7 Å². The number of ether oxygens (including phenoxy) is 1. The molecule has 0 bridgehead atoms. The van der Waals surface area contributed by atoms with Crippen LogP contribution in [0.15, 0.2) is 24.3 Å². The topological polar surface area (TPSA) is 50.4 Å². The molecule has 0 spiro atoms. The fraction of sp³-hybridized carbons (Fsp3) is 0.533. The van der Waals surface area contributed by atoms with E-state index in [1.165, 1.54) is 6.07 Å². The second-order valence-electron chi connectivity index (χ2n) is 4.73. The predicted octanol–water partition coefficient (Wildman–Crippen LogP) is 1.36. The highest BCUT2D eigenvalue weighted by Crippen LogP contribution is 2.12. The van der Waals surface area contributed by atoms with Crippen LogP contribution in [0.25, 0.3) is 0 Å². The van der Waals surface area contributed by atoms with Crippen molar-refractivity contribution in [3.63, 3.8) is 0 Å². The molecule has 5 heteroatoms. The Kier molecular flexibility index (Phi) is 7.84. The lowest BCUT2D eigenvalue weighted by atomic mass is 10.00. The van der Waals surface area contributed by atoms with Crippen molar-refractivity contribution in [1.29, 1.82) is 0 Å². The molecule has 0 aliphatic rings. The number of halogens is 1. The lowest BCUT2D eigenvalue weighted by molar-refractivity contribution is -0.124. The molecule has 20 heavy (non-hydrogen) atoms. The summed E-state index contributed by atoms with van der Waals surface area (Å²) < 4.78 is 18.4. The Labute approximate surface area is 119 Å². The molecule has 1 unspecified atom stereocenters. The minimum Gasteiger partial charge on any atom is -0.383 e. The van der Waals surface area contributed by atoms with Gasteiger partial charge in [0.05, 0.1) is 6.61 Å². The highest BCUT2D eigenvalue weighted by atomic mass is 19.1. The molecule has 1 atom stereocenters. The number of hydrogen-bond donors (Lipinski definition) is 2. The summed E-state index contributed by atoms with van der Waals surface area (Å²) in [5.74, 6) is -0.555. The molecule has 0 heterocycles. The maximum Gasteiger partial charge on any atom is 0.223 e. The van der Waals surface area contributed by atoms with Gasteiger partial charge in [-0.2, -0.15) is 0 Å². The molecule has 0 fully saturated rings. The van der Waals surface area contributed by atoms with Crippen molar-refractivity contribution in [2.75, 3.05) is 33.4 Å². The molecular weight excluding hydrogens is 259 g/mol. The van der Waals surface area contributed by atoms with Crippen molar-refractivity contribution >= 4 is 5.91 Å². The quantitative estimate of drug-likeness (QED) is 0.672. The Hall–Kier alpha value is -1.46. The Balaban J connectivity index is 2.24. The third-order valence-electron chi connectivity index (χ3n) is 3.02. The first kappa shape index (κ1) is 16.6. The first-order valence-electron chi connectivity index (χ1n) is 6.86. The number of benzene rings is 1. The average Bonchev–Trinajstić information content (AvgIpc) is 2.44. The second kappa shape index (κ2) is 9.44. The van der Waals surface area contributed by atoms with Crippen LogP contribution in [-0.2, 0) is 16.0 Å². The maximum atomic E-state index is 13.5. The normalized spacial score (nSPS) is 12.2. The van der Waals surface area contributed by atoms with Gasteiger partial charge in [-0.3, -0.25) is 4.79 Å². The smallest absolute Gasteiger partial charge is 0.223 e. The van der Waals surface area contributed by atoms with Gasteiger partial charge < -0.3 is 15.4 Å². The van der Waals surface area contributed by atoms with Gasteiger partial charge in [-0.25, -0.2) is 4.39 Å². The Morgan fingerprint density at radius 3 is 2.75 bits per heavy atom. The predicted molar refractivity (Wildman–Crippen MR) is 77.0 cm³/mol. The number of methoxy groups -OCH3 is 1. The van der Waals surface area contributed by atoms with Crippen LogP contribution in [0.2, 0.25) is 0 Å². The van der Waals surface area contributed by atoms with Crippen LogP contribution in [0.5, 0.6) is 0 Å². The molecule has 0 aliphatic carbocycles. The van der Waals surface area contributed by atoms with Crippen molar-refractivity contribution in [3.8, 4) is 0 Å². The second-order valence-corrected chi connectivity index (χ2v) is 4.73. The van der Waals surface area contributed by atoms with Crippen molar-refractivity contribution in [2.24, 2.45) is 5.92 Å². The Bertz CT molecular complexity index is 413. The summed E-state index contributed by atoms with van der Waals surface area (Å²) >= 11 is 0. The monoisotopic (exact) mass is 282 g/mol. The van der Waals surface area contributed by atoms with Crippen LogP contribution in [0.4, 0.5) is 4.39 Å². The number of rotatable bonds is 9. The third kappa shape index (κ3) is 6.12. The van der Waals surface area contributed by atoms with E-state index in [-0.39, 0.29) is 17.6 Å². The molecule has 0 saturated heterocycles. The van der Waals surface area contributed by atoms with Gasteiger partial charge in [0, 0.05) is 32.7 Å². The van der Waals surface area contributed by atoms with Crippen molar-refractivity contribution < 1.29 is 13.9 Å². The van der Waals surface area contributed by atoms with Crippen LogP contribution in [0.3, 0.4) is 0 Å².